The number of hydrogen-bond donors (Lipinski definition) is 1. The Bertz CT molecular complexity index is 418. The molecule has 0 saturated carbocycles. The van der Waals surface area contributed by atoms with E-state index < -0.39 is 0 Å². The van der Waals surface area contributed by atoms with Crippen molar-refractivity contribution in [2.75, 3.05) is 25.9 Å². The van der Waals surface area contributed by atoms with Crippen molar-refractivity contribution in [3.63, 3.8) is 0 Å². The molecule has 1 aliphatic heterocycles. The van der Waals surface area contributed by atoms with Gasteiger partial charge in [-0.15, -0.1) is 0 Å². The predicted octanol–water partition coefficient (Wildman–Crippen LogP) is 3.73. The number of nitrogens with zero attached hydrogens (tertiary/aromatic N) is 1. The van der Waals surface area contributed by atoms with Crippen LogP contribution in [0, 0.1) is 6.92 Å². The zero-order chi connectivity index (χ0) is 13.8. The van der Waals surface area contributed by atoms with Crippen LogP contribution in [-0.2, 0) is 6.42 Å². The zero-order valence-corrected chi connectivity index (χ0v) is 12.7. The number of anilines is 1. The standard InChI is InChI=1S/C17H28N2/c1-4-5-6-15-12-16(13(2)11-17(15)18)14-7-9-19(3)10-8-14/h11-12,14H,4-10,18H2,1-3H3. The number of unbranched alkanes of at least 4 members (excludes halogenated alkanes) is 1. The molecule has 0 amide bonds. The second kappa shape index (κ2) is 6.42. The number of likely N-dealkylation sites (tertiary alicyclic amines) is 1. The summed E-state index contributed by atoms with van der Waals surface area (Å²) in [4.78, 5) is 2.43. The molecule has 1 aromatic carbocycles. The summed E-state index contributed by atoms with van der Waals surface area (Å²) < 4.78 is 0. The highest BCUT2D eigenvalue weighted by Gasteiger charge is 2.20. The fraction of sp³-hybridized carbons (Fsp3) is 0.647. The van der Waals surface area contributed by atoms with Crippen molar-refractivity contribution in [1.29, 1.82) is 0 Å². The van der Waals surface area contributed by atoms with Gasteiger partial charge in [0, 0.05) is 5.69 Å². The van der Waals surface area contributed by atoms with E-state index in [1.807, 2.05) is 0 Å². The first-order valence-electron chi connectivity index (χ1n) is 7.69. The number of piperidine rings is 1. The molecule has 1 aromatic rings. The molecule has 2 nitrogen and oxygen atoms in total. The van der Waals surface area contributed by atoms with E-state index >= 15 is 0 Å². The SMILES string of the molecule is CCCCc1cc(C2CCN(C)CC2)c(C)cc1N. The Morgan fingerprint density at radius 2 is 1.95 bits per heavy atom. The predicted molar refractivity (Wildman–Crippen MR) is 83.7 cm³/mol. The average molecular weight is 260 g/mol. The molecular weight excluding hydrogens is 232 g/mol. The van der Waals surface area contributed by atoms with Crippen molar-refractivity contribution >= 4 is 5.69 Å². The van der Waals surface area contributed by atoms with Crippen molar-refractivity contribution in [3.8, 4) is 0 Å². The Hall–Kier alpha value is -1.02. The maximum Gasteiger partial charge on any atom is 0.0349 e. The van der Waals surface area contributed by atoms with Crippen LogP contribution in [0.1, 0.15) is 55.2 Å². The van der Waals surface area contributed by atoms with Gasteiger partial charge in [-0.1, -0.05) is 19.4 Å². The molecule has 0 spiro atoms. The lowest BCUT2D eigenvalue weighted by Crippen LogP contribution is -2.29. The van der Waals surface area contributed by atoms with Crippen LogP contribution in [0.25, 0.3) is 0 Å². The number of aryl methyl sites for hydroxylation is 2. The Kier molecular flexibility index (Phi) is 4.87. The summed E-state index contributed by atoms with van der Waals surface area (Å²) in [6, 6.07) is 4.59. The van der Waals surface area contributed by atoms with E-state index in [0.29, 0.717) is 0 Å². The second-order valence-electron chi connectivity index (χ2n) is 6.09. The highest BCUT2D eigenvalue weighted by atomic mass is 15.1. The lowest BCUT2D eigenvalue weighted by atomic mass is 9.85. The number of hydrogen-bond acceptors (Lipinski definition) is 2. The summed E-state index contributed by atoms with van der Waals surface area (Å²) in [5.41, 5.74) is 11.5. The van der Waals surface area contributed by atoms with Crippen LogP contribution in [0.4, 0.5) is 5.69 Å². The first-order valence-corrected chi connectivity index (χ1v) is 7.69. The fourth-order valence-electron chi connectivity index (χ4n) is 3.14. The molecule has 2 rings (SSSR count). The third-order valence-electron chi connectivity index (χ3n) is 4.49. The van der Waals surface area contributed by atoms with Gasteiger partial charge in [-0.25, -0.2) is 0 Å². The average Bonchev–Trinajstić information content (AvgIpc) is 2.39. The molecule has 0 bridgehead atoms. The summed E-state index contributed by atoms with van der Waals surface area (Å²) >= 11 is 0. The van der Waals surface area contributed by atoms with Gasteiger partial charge >= 0.3 is 0 Å². The normalized spacial score (nSPS) is 17.8. The van der Waals surface area contributed by atoms with Crippen LogP contribution in [-0.4, -0.2) is 25.0 Å². The molecule has 2 N–H and O–H groups in total. The minimum atomic E-state index is 0.733. The Balaban J connectivity index is 2.19. The minimum Gasteiger partial charge on any atom is -0.398 e. The maximum atomic E-state index is 6.17. The second-order valence-corrected chi connectivity index (χ2v) is 6.09. The maximum absolute atomic E-state index is 6.17. The molecule has 0 aromatic heterocycles. The molecule has 0 atom stereocenters. The molecule has 2 heteroatoms. The van der Waals surface area contributed by atoms with Crippen LogP contribution >= 0.6 is 0 Å². The van der Waals surface area contributed by atoms with Crippen molar-refractivity contribution in [2.45, 2.75) is 51.9 Å². The van der Waals surface area contributed by atoms with E-state index in [9.17, 15) is 0 Å². The lowest BCUT2D eigenvalue weighted by molar-refractivity contribution is 0.255. The highest BCUT2D eigenvalue weighted by molar-refractivity contribution is 5.53. The molecule has 106 valence electrons. The van der Waals surface area contributed by atoms with Gasteiger partial charge < -0.3 is 10.6 Å². The van der Waals surface area contributed by atoms with Crippen LogP contribution in [0.3, 0.4) is 0 Å². The van der Waals surface area contributed by atoms with E-state index in [2.05, 4.69) is 37.9 Å². The molecule has 1 saturated heterocycles. The third kappa shape index (κ3) is 3.50. The van der Waals surface area contributed by atoms with Crippen LogP contribution in [0.5, 0.6) is 0 Å². The van der Waals surface area contributed by atoms with Gasteiger partial charge in [0.2, 0.25) is 0 Å². The lowest BCUT2D eigenvalue weighted by Gasteiger charge is -2.30. The van der Waals surface area contributed by atoms with Gasteiger partial charge in [-0.2, -0.15) is 0 Å². The number of rotatable bonds is 4. The Morgan fingerprint density at radius 1 is 1.26 bits per heavy atom. The van der Waals surface area contributed by atoms with Gasteiger partial charge in [0.15, 0.2) is 0 Å². The molecular formula is C17H28N2. The van der Waals surface area contributed by atoms with Crippen LogP contribution in [0.15, 0.2) is 12.1 Å². The Labute approximate surface area is 118 Å². The largest absolute Gasteiger partial charge is 0.398 e. The summed E-state index contributed by atoms with van der Waals surface area (Å²) in [5.74, 6) is 0.733. The molecule has 0 radical (unpaired) electrons. The molecule has 0 aliphatic carbocycles. The van der Waals surface area contributed by atoms with Crippen molar-refractivity contribution in [3.05, 3.63) is 28.8 Å². The quantitative estimate of drug-likeness (QED) is 0.836. The van der Waals surface area contributed by atoms with Crippen molar-refractivity contribution < 1.29 is 0 Å². The monoisotopic (exact) mass is 260 g/mol. The van der Waals surface area contributed by atoms with Gasteiger partial charge in [0.1, 0.15) is 0 Å². The molecule has 1 heterocycles. The minimum absolute atomic E-state index is 0.733. The number of benzene rings is 1. The van der Waals surface area contributed by atoms with Gasteiger partial charge in [0.25, 0.3) is 0 Å². The highest BCUT2D eigenvalue weighted by Crippen LogP contribution is 2.32. The first kappa shape index (κ1) is 14.4. The summed E-state index contributed by atoms with van der Waals surface area (Å²) in [5, 5.41) is 0. The third-order valence-corrected chi connectivity index (χ3v) is 4.49. The van der Waals surface area contributed by atoms with E-state index in [0.717, 1.165) is 18.0 Å². The van der Waals surface area contributed by atoms with E-state index in [1.165, 1.54) is 49.9 Å². The summed E-state index contributed by atoms with van der Waals surface area (Å²) in [7, 11) is 2.22. The summed E-state index contributed by atoms with van der Waals surface area (Å²) in [6.45, 7) is 6.90. The molecule has 1 aliphatic rings. The molecule has 19 heavy (non-hydrogen) atoms. The van der Waals surface area contributed by atoms with Crippen molar-refractivity contribution in [2.24, 2.45) is 0 Å². The number of nitrogen functional groups attached to an aromatic ring is 1. The van der Waals surface area contributed by atoms with Gasteiger partial charge in [-0.3, -0.25) is 0 Å². The van der Waals surface area contributed by atoms with Crippen LogP contribution in [0.2, 0.25) is 0 Å². The van der Waals surface area contributed by atoms with E-state index in [-0.39, 0.29) is 0 Å². The fourth-order valence-corrected chi connectivity index (χ4v) is 3.14. The van der Waals surface area contributed by atoms with Gasteiger partial charge in [0.05, 0.1) is 0 Å². The van der Waals surface area contributed by atoms with E-state index in [1.54, 1.807) is 5.56 Å². The van der Waals surface area contributed by atoms with Crippen LogP contribution < -0.4 is 5.73 Å². The topological polar surface area (TPSA) is 29.3 Å². The summed E-state index contributed by atoms with van der Waals surface area (Å²) in [6.07, 6.45) is 6.17. The number of nitrogens with two attached hydrogens (primary N) is 1. The molecule has 0 unspecified atom stereocenters. The zero-order valence-electron chi connectivity index (χ0n) is 12.7. The van der Waals surface area contributed by atoms with Gasteiger partial charge in [-0.05, 0) is 81.4 Å². The van der Waals surface area contributed by atoms with Crippen molar-refractivity contribution in [1.82, 2.24) is 4.90 Å². The first-order chi connectivity index (χ1) is 9.11. The van der Waals surface area contributed by atoms with E-state index in [4.69, 9.17) is 5.73 Å². The molecule has 1 fully saturated rings. The Morgan fingerprint density at radius 3 is 2.58 bits per heavy atom. The smallest absolute Gasteiger partial charge is 0.0349 e.